The van der Waals surface area contributed by atoms with Gasteiger partial charge < -0.3 is 9.67 Å². The van der Waals surface area contributed by atoms with Gasteiger partial charge in [0.2, 0.25) is 0 Å². The van der Waals surface area contributed by atoms with Gasteiger partial charge in [-0.05, 0) is 18.6 Å². The Morgan fingerprint density at radius 3 is 2.83 bits per heavy atom. The predicted octanol–water partition coefficient (Wildman–Crippen LogP) is 2.76. The molecular formula is C14H15ClN2O. The van der Waals surface area contributed by atoms with Crippen molar-refractivity contribution in [1.82, 2.24) is 9.55 Å². The average molecular weight is 263 g/mol. The van der Waals surface area contributed by atoms with Crippen LogP contribution >= 0.6 is 11.6 Å². The summed E-state index contributed by atoms with van der Waals surface area (Å²) in [6.45, 7) is 1.13. The van der Waals surface area contributed by atoms with Crippen LogP contribution in [0.15, 0.2) is 30.5 Å². The standard InChI is InChI=1S/C14H15ClN2O/c15-12-4-2-11(3-5-12)13-8-17-7-10(9-18)1-6-14(17)16-13/h2-5,8,10,18H,1,6-7,9H2. The number of halogens is 1. The summed E-state index contributed by atoms with van der Waals surface area (Å²) in [7, 11) is 0. The molecule has 1 aliphatic heterocycles. The first-order valence-corrected chi connectivity index (χ1v) is 6.57. The summed E-state index contributed by atoms with van der Waals surface area (Å²) in [5.41, 5.74) is 2.07. The molecule has 1 aromatic carbocycles. The second kappa shape index (κ2) is 4.75. The maximum Gasteiger partial charge on any atom is 0.109 e. The molecule has 0 amide bonds. The Bertz CT molecular complexity index is 547. The van der Waals surface area contributed by atoms with E-state index in [0.29, 0.717) is 5.92 Å². The van der Waals surface area contributed by atoms with E-state index in [9.17, 15) is 5.11 Å². The first-order valence-electron chi connectivity index (χ1n) is 6.19. The van der Waals surface area contributed by atoms with Crippen molar-refractivity contribution in [2.24, 2.45) is 5.92 Å². The van der Waals surface area contributed by atoms with E-state index in [2.05, 4.69) is 15.7 Å². The molecule has 1 aromatic heterocycles. The smallest absolute Gasteiger partial charge is 0.109 e. The summed E-state index contributed by atoms with van der Waals surface area (Å²) >= 11 is 5.88. The van der Waals surface area contributed by atoms with Crippen molar-refractivity contribution in [2.75, 3.05) is 6.61 Å². The molecule has 1 unspecified atom stereocenters. The van der Waals surface area contributed by atoms with Crippen LogP contribution in [0.2, 0.25) is 5.02 Å². The average Bonchev–Trinajstić information content (AvgIpc) is 2.82. The monoisotopic (exact) mass is 262 g/mol. The molecule has 3 rings (SSSR count). The Morgan fingerprint density at radius 2 is 2.11 bits per heavy atom. The summed E-state index contributed by atoms with van der Waals surface area (Å²) in [6.07, 6.45) is 4.03. The van der Waals surface area contributed by atoms with Crippen molar-refractivity contribution in [3.63, 3.8) is 0 Å². The van der Waals surface area contributed by atoms with Gasteiger partial charge in [-0.15, -0.1) is 0 Å². The number of aromatic nitrogens is 2. The molecule has 2 aromatic rings. The first kappa shape index (κ1) is 11.8. The Hall–Kier alpha value is -1.32. The lowest BCUT2D eigenvalue weighted by Crippen LogP contribution is -2.22. The van der Waals surface area contributed by atoms with Gasteiger partial charge in [-0.25, -0.2) is 4.98 Å². The van der Waals surface area contributed by atoms with Crippen LogP contribution in [0.25, 0.3) is 11.3 Å². The summed E-state index contributed by atoms with van der Waals surface area (Å²) in [4.78, 5) is 4.66. The van der Waals surface area contributed by atoms with Crippen LogP contribution in [0.4, 0.5) is 0 Å². The van der Waals surface area contributed by atoms with E-state index in [1.54, 1.807) is 0 Å². The van der Waals surface area contributed by atoms with Gasteiger partial charge in [0.25, 0.3) is 0 Å². The van der Waals surface area contributed by atoms with Gasteiger partial charge in [0.1, 0.15) is 5.82 Å². The molecule has 4 heteroatoms. The van der Waals surface area contributed by atoms with E-state index < -0.39 is 0 Å². The van der Waals surface area contributed by atoms with Crippen LogP contribution in [-0.4, -0.2) is 21.3 Å². The molecule has 0 spiro atoms. The molecule has 0 fully saturated rings. The first-order chi connectivity index (χ1) is 8.76. The zero-order valence-electron chi connectivity index (χ0n) is 10.0. The third-order valence-electron chi connectivity index (χ3n) is 3.49. The lowest BCUT2D eigenvalue weighted by Gasteiger charge is -2.21. The SMILES string of the molecule is OCC1CCc2nc(-c3ccc(Cl)cc3)cn2C1. The third kappa shape index (κ3) is 2.16. The highest BCUT2D eigenvalue weighted by molar-refractivity contribution is 6.30. The van der Waals surface area contributed by atoms with E-state index in [0.717, 1.165) is 41.5 Å². The highest BCUT2D eigenvalue weighted by Crippen LogP contribution is 2.25. The molecule has 94 valence electrons. The number of aryl methyl sites for hydroxylation is 1. The molecule has 0 radical (unpaired) electrons. The highest BCUT2D eigenvalue weighted by Gasteiger charge is 2.19. The maximum atomic E-state index is 9.22. The van der Waals surface area contributed by atoms with Gasteiger partial charge in [-0.1, -0.05) is 23.7 Å². The minimum absolute atomic E-state index is 0.258. The van der Waals surface area contributed by atoms with E-state index >= 15 is 0 Å². The minimum Gasteiger partial charge on any atom is -0.396 e. The summed E-state index contributed by atoms with van der Waals surface area (Å²) < 4.78 is 2.16. The van der Waals surface area contributed by atoms with Crippen LogP contribution in [0.1, 0.15) is 12.2 Å². The second-order valence-corrected chi connectivity index (χ2v) is 5.23. The van der Waals surface area contributed by atoms with E-state index in [1.165, 1.54) is 0 Å². The van der Waals surface area contributed by atoms with Gasteiger partial charge in [-0.2, -0.15) is 0 Å². The van der Waals surface area contributed by atoms with E-state index in [1.807, 2.05) is 24.3 Å². The van der Waals surface area contributed by atoms with Crippen molar-refractivity contribution in [2.45, 2.75) is 19.4 Å². The number of hydrogen-bond donors (Lipinski definition) is 1. The van der Waals surface area contributed by atoms with Gasteiger partial charge in [0.05, 0.1) is 5.69 Å². The number of imidazole rings is 1. The molecule has 1 atom stereocenters. The number of aliphatic hydroxyl groups is 1. The van der Waals surface area contributed by atoms with Crippen molar-refractivity contribution in [3.8, 4) is 11.3 Å². The largest absolute Gasteiger partial charge is 0.396 e. The minimum atomic E-state index is 0.258. The lowest BCUT2D eigenvalue weighted by atomic mass is 10.0. The molecule has 0 bridgehead atoms. The number of nitrogens with zero attached hydrogens (tertiary/aromatic N) is 2. The van der Waals surface area contributed by atoms with Crippen molar-refractivity contribution >= 4 is 11.6 Å². The molecule has 18 heavy (non-hydrogen) atoms. The summed E-state index contributed by atoms with van der Waals surface area (Å²) in [5, 5.41) is 9.96. The summed E-state index contributed by atoms with van der Waals surface area (Å²) in [5.74, 6) is 1.48. The molecule has 2 heterocycles. The Balaban J connectivity index is 1.91. The van der Waals surface area contributed by atoms with Crippen molar-refractivity contribution < 1.29 is 5.11 Å². The number of rotatable bonds is 2. The zero-order chi connectivity index (χ0) is 12.5. The molecular weight excluding hydrogens is 248 g/mol. The van der Waals surface area contributed by atoms with Gasteiger partial charge in [0, 0.05) is 42.3 Å². The van der Waals surface area contributed by atoms with Crippen molar-refractivity contribution in [1.29, 1.82) is 0 Å². The fraction of sp³-hybridized carbons (Fsp3) is 0.357. The third-order valence-corrected chi connectivity index (χ3v) is 3.74. The number of hydrogen-bond acceptors (Lipinski definition) is 2. The van der Waals surface area contributed by atoms with Gasteiger partial charge in [-0.3, -0.25) is 0 Å². The maximum absolute atomic E-state index is 9.22. The zero-order valence-corrected chi connectivity index (χ0v) is 10.8. The molecule has 0 saturated carbocycles. The fourth-order valence-electron chi connectivity index (χ4n) is 2.42. The number of aliphatic hydroxyl groups excluding tert-OH is 1. The number of benzene rings is 1. The van der Waals surface area contributed by atoms with Crippen LogP contribution in [0.5, 0.6) is 0 Å². The lowest BCUT2D eigenvalue weighted by molar-refractivity contribution is 0.190. The Labute approximate surface area is 111 Å². The molecule has 1 N–H and O–H groups in total. The normalized spacial score (nSPS) is 18.7. The molecule has 3 nitrogen and oxygen atoms in total. The molecule has 0 aliphatic carbocycles. The van der Waals surface area contributed by atoms with Crippen molar-refractivity contribution in [3.05, 3.63) is 41.3 Å². The number of fused-ring (bicyclic) bond motifs is 1. The van der Waals surface area contributed by atoms with Crippen LogP contribution in [0.3, 0.4) is 0 Å². The van der Waals surface area contributed by atoms with Crippen LogP contribution < -0.4 is 0 Å². The van der Waals surface area contributed by atoms with E-state index in [4.69, 9.17) is 11.6 Å². The molecule has 0 saturated heterocycles. The molecule has 1 aliphatic rings. The second-order valence-electron chi connectivity index (χ2n) is 4.79. The van der Waals surface area contributed by atoms with Gasteiger partial charge >= 0.3 is 0 Å². The van der Waals surface area contributed by atoms with E-state index in [-0.39, 0.29) is 6.61 Å². The van der Waals surface area contributed by atoms with Crippen LogP contribution in [0, 0.1) is 5.92 Å². The summed E-state index contributed by atoms with van der Waals surface area (Å²) in [6, 6.07) is 7.73. The fourth-order valence-corrected chi connectivity index (χ4v) is 2.55. The predicted molar refractivity (Wildman–Crippen MR) is 71.6 cm³/mol. The highest BCUT2D eigenvalue weighted by atomic mass is 35.5. The van der Waals surface area contributed by atoms with Gasteiger partial charge in [0.15, 0.2) is 0 Å². The van der Waals surface area contributed by atoms with Crippen LogP contribution in [-0.2, 0) is 13.0 Å². The Kier molecular flexibility index (Phi) is 3.10. The topological polar surface area (TPSA) is 38.1 Å². The Morgan fingerprint density at radius 1 is 1.33 bits per heavy atom. The quantitative estimate of drug-likeness (QED) is 0.904.